The maximum Gasteiger partial charge on any atom is 0.327 e. The lowest BCUT2D eigenvalue weighted by molar-refractivity contribution is -0.386. The number of ether oxygens (including phenoxy) is 1. The van der Waals surface area contributed by atoms with Gasteiger partial charge in [0.1, 0.15) is 11.4 Å². The molecule has 110 valence electrons. The van der Waals surface area contributed by atoms with Crippen molar-refractivity contribution in [3.05, 3.63) is 28.1 Å². The van der Waals surface area contributed by atoms with Crippen molar-refractivity contribution in [1.29, 1.82) is 0 Å². The number of nitro benzene ring substituents is 1. The molecule has 0 amide bonds. The van der Waals surface area contributed by atoms with Crippen LogP contribution >= 0.6 is 0 Å². The average molecular weight is 284 g/mol. The third kappa shape index (κ3) is 3.16. The van der Waals surface area contributed by atoms with Crippen molar-refractivity contribution < 1.29 is 19.2 Å². The second-order valence-corrected chi connectivity index (χ2v) is 4.91. The Labute approximate surface area is 115 Å². The third-order valence-electron chi connectivity index (χ3n) is 3.51. The fraction of sp³-hybridized carbons (Fsp3) is 0.538. The predicted octanol–water partition coefficient (Wildman–Crippen LogP) is 2.46. The van der Waals surface area contributed by atoms with Gasteiger partial charge in [-0.15, -0.1) is 0 Å². The molecule has 1 saturated carbocycles. The number of benzene rings is 1. The molecule has 1 aromatic carbocycles. The molecular weight excluding hydrogens is 267 g/mol. The Morgan fingerprint density at radius 3 is 2.60 bits per heavy atom. The molecule has 0 saturated heterocycles. The second kappa shape index (κ2) is 6.04. The number of aliphatic hydroxyl groups excluding tert-OH is 1. The monoisotopic (exact) mass is 284 g/mol. The Hall–Kier alpha value is -1.89. The molecular formula is C13H17FN2O4. The lowest BCUT2D eigenvalue weighted by atomic mass is 9.93. The number of halogens is 1. The predicted molar refractivity (Wildman–Crippen MR) is 71.5 cm³/mol. The van der Waals surface area contributed by atoms with Gasteiger partial charge in [-0.25, -0.2) is 0 Å². The number of aliphatic hydroxyl groups is 1. The van der Waals surface area contributed by atoms with Crippen LogP contribution in [0.5, 0.6) is 5.75 Å². The van der Waals surface area contributed by atoms with E-state index in [0.29, 0.717) is 25.7 Å². The van der Waals surface area contributed by atoms with Crippen LogP contribution in [-0.4, -0.2) is 29.3 Å². The van der Waals surface area contributed by atoms with Gasteiger partial charge in [0.25, 0.3) is 0 Å². The molecule has 0 heterocycles. The van der Waals surface area contributed by atoms with Crippen molar-refractivity contribution in [2.24, 2.45) is 0 Å². The maximum absolute atomic E-state index is 13.8. The number of methoxy groups -OCH3 is 1. The van der Waals surface area contributed by atoms with Crippen LogP contribution in [0.15, 0.2) is 12.1 Å². The van der Waals surface area contributed by atoms with E-state index in [1.807, 2.05) is 0 Å². The molecule has 2 rings (SSSR count). The summed E-state index contributed by atoms with van der Waals surface area (Å²) in [4.78, 5) is 10.2. The van der Waals surface area contributed by atoms with Crippen molar-refractivity contribution in [3.8, 4) is 5.75 Å². The molecule has 7 heteroatoms. The zero-order valence-electron chi connectivity index (χ0n) is 11.1. The second-order valence-electron chi connectivity index (χ2n) is 4.91. The van der Waals surface area contributed by atoms with Crippen LogP contribution in [0.1, 0.15) is 25.7 Å². The van der Waals surface area contributed by atoms with Crippen LogP contribution in [0.25, 0.3) is 0 Å². The van der Waals surface area contributed by atoms with E-state index in [2.05, 4.69) is 5.32 Å². The molecule has 20 heavy (non-hydrogen) atoms. The van der Waals surface area contributed by atoms with E-state index in [0.717, 1.165) is 6.07 Å². The molecule has 1 aromatic rings. The largest absolute Gasteiger partial charge is 0.497 e. The number of hydrogen-bond donors (Lipinski definition) is 2. The fourth-order valence-corrected chi connectivity index (χ4v) is 2.43. The molecule has 2 N–H and O–H groups in total. The summed E-state index contributed by atoms with van der Waals surface area (Å²) in [7, 11) is 1.38. The highest BCUT2D eigenvalue weighted by Crippen LogP contribution is 2.34. The van der Waals surface area contributed by atoms with Crippen LogP contribution in [0.2, 0.25) is 0 Å². The SMILES string of the molecule is COc1cc(F)c([N+](=O)[O-])c(NC2CCC(O)CC2)c1. The first-order chi connectivity index (χ1) is 9.51. The Morgan fingerprint density at radius 2 is 2.05 bits per heavy atom. The van der Waals surface area contributed by atoms with Gasteiger partial charge in [-0.1, -0.05) is 0 Å². The highest BCUT2D eigenvalue weighted by Gasteiger charge is 2.26. The van der Waals surface area contributed by atoms with Gasteiger partial charge < -0.3 is 15.2 Å². The molecule has 0 aliphatic heterocycles. The van der Waals surface area contributed by atoms with E-state index >= 15 is 0 Å². The van der Waals surface area contributed by atoms with Crippen LogP contribution < -0.4 is 10.1 Å². The van der Waals surface area contributed by atoms with Gasteiger partial charge in [0.05, 0.1) is 18.1 Å². The molecule has 1 aliphatic carbocycles. The number of hydrogen-bond acceptors (Lipinski definition) is 5. The lowest BCUT2D eigenvalue weighted by Gasteiger charge is -2.27. The highest BCUT2D eigenvalue weighted by molar-refractivity contribution is 5.65. The minimum absolute atomic E-state index is 0.0105. The fourth-order valence-electron chi connectivity index (χ4n) is 2.43. The van der Waals surface area contributed by atoms with Crippen LogP contribution in [0.4, 0.5) is 15.8 Å². The Kier molecular flexibility index (Phi) is 4.39. The molecule has 6 nitrogen and oxygen atoms in total. The summed E-state index contributed by atoms with van der Waals surface area (Å²) in [6.07, 6.45) is 2.34. The molecule has 0 radical (unpaired) electrons. The van der Waals surface area contributed by atoms with E-state index in [-0.39, 0.29) is 23.6 Å². The van der Waals surface area contributed by atoms with Gasteiger partial charge in [0.15, 0.2) is 0 Å². The number of nitrogens with one attached hydrogen (secondary N) is 1. The summed E-state index contributed by atoms with van der Waals surface area (Å²) >= 11 is 0. The summed E-state index contributed by atoms with van der Waals surface area (Å²) in [6.45, 7) is 0. The van der Waals surface area contributed by atoms with Gasteiger partial charge in [-0.05, 0) is 25.7 Å². The summed E-state index contributed by atoms with van der Waals surface area (Å²) in [5, 5.41) is 23.4. The van der Waals surface area contributed by atoms with E-state index in [9.17, 15) is 19.6 Å². The molecule has 0 bridgehead atoms. The molecule has 0 atom stereocenters. The van der Waals surface area contributed by atoms with E-state index < -0.39 is 16.4 Å². The van der Waals surface area contributed by atoms with Gasteiger partial charge >= 0.3 is 5.69 Å². The van der Waals surface area contributed by atoms with Crippen molar-refractivity contribution in [2.45, 2.75) is 37.8 Å². The Bertz CT molecular complexity index is 501. The number of nitro groups is 1. The van der Waals surface area contributed by atoms with Crippen molar-refractivity contribution >= 4 is 11.4 Å². The molecule has 0 spiro atoms. The van der Waals surface area contributed by atoms with E-state index in [1.54, 1.807) is 0 Å². The average Bonchev–Trinajstić information content (AvgIpc) is 2.40. The maximum atomic E-state index is 13.8. The van der Waals surface area contributed by atoms with Crippen molar-refractivity contribution in [1.82, 2.24) is 0 Å². The first-order valence-electron chi connectivity index (χ1n) is 6.47. The summed E-state index contributed by atoms with van der Waals surface area (Å²) in [5.41, 5.74) is -0.454. The Balaban J connectivity index is 2.24. The zero-order chi connectivity index (χ0) is 14.7. The van der Waals surface area contributed by atoms with Crippen molar-refractivity contribution in [3.63, 3.8) is 0 Å². The van der Waals surface area contributed by atoms with E-state index in [1.165, 1.54) is 13.2 Å². The zero-order valence-corrected chi connectivity index (χ0v) is 11.1. The normalized spacial score (nSPS) is 22.4. The summed E-state index contributed by atoms with van der Waals surface area (Å²) in [5.74, 6) is -0.695. The Morgan fingerprint density at radius 1 is 1.40 bits per heavy atom. The first-order valence-corrected chi connectivity index (χ1v) is 6.47. The molecule has 0 aromatic heterocycles. The summed E-state index contributed by atoms with van der Waals surface area (Å²) in [6, 6.07) is 2.41. The van der Waals surface area contributed by atoms with Gasteiger partial charge in [0, 0.05) is 18.2 Å². The first kappa shape index (κ1) is 14.5. The van der Waals surface area contributed by atoms with Crippen molar-refractivity contribution in [2.75, 3.05) is 12.4 Å². The van der Waals surface area contributed by atoms with Crippen LogP contribution in [0.3, 0.4) is 0 Å². The third-order valence-corrected chi connectivity index (χ3v) is 3.51. The van der Waals surface area contributed by atoms with Gasteiger partial charge in [0.2, 0.25) is 5.82 Å². The molecule has 1 aliphatic rings. The minimum Gasteiger partial charge on any atom is -0.497 e. The number of anilines is 1. The topological polar surface area (TPSA) is 84.6 Å². The standard InChI is InChI=1S/C13H17FN2O4/c1-20-10-6-11(14)13(16(18)19)12(7-10)15-8-2-4-9(17)5-3-8/h6-9,15,17H,2-5H2,1H3. The van der Waals surface area contributed by atoms with Gasteiger partial charge in [-0.3, -0.25) is 10.1 Å². The lowest BCUT2D eigenvalue weighted by Crippen LogP contribution is -2.28. The van der Waals surface area contributed by atoms with Gasteiger partial charge in [-0.2, -0.15) is 4.39 Å². The van der Waals surface area contributed by atoms with Crippen LogP contribution in [-0.2, 0) is 0 Å². The highest BCUT2D eigenvalue weighted by atomic mass is 19.1. The quantitative estimate of drug-likeness (QED) is 0.655. The molecule has 0 unspecified atom stereocenters. The summed E-state index contributed by atoms with van der Waals surface area (Å²) < 4.78 is 18.7. The number of nitrogens with zero attached hydrogens (tertiary/aromatic N) is 1. The van der Waals surface area contributed by atoms with E-state index in [4.69, 9.17) is 4.74 Å². The molecule has 1 fully saturated rings. The van der Waals surface area contributed by atoms with Crippen LogP contribution in [0, 0.1) is 15.9 Å². The minimum atomic E-state index is -0.923. The smallest absolute Gasteiger partial charge is 0.327 e. The number of rotatable bonds is 4.